The maximum atomic E-state index is 11.3. The van der Waals surface area contributed by atoms with Crippen molar-refractivity contribution in [3.63, 3.8) is 0 Å². The van der Waals surface area contributed by atoms with Gasteiger partial charge in [-0.1, -0.05) is 0 Å². The molecular weight excluding hydrogens is 236 g/mol. The summed E-state index contributed by atoms with van der Waals surface area (Å²) >= 11 is 0. The monoisotopic (exact) mass is 254 g/mol. The van der Waals surface area contributed by atoms with E-state index in [-0.39, 0.29) is 0 Å². The molecular formula is C12H18N2O2S. The minimum Gasteiger partial charge on any atom is -0.495 e. The predicted molar refractivity (Wildman–Crippen MR) is 71.9 cm³/mol. The molecule has 0 spiro atoms. The molecule has 0 aromatic heterocycles. The van der Waals surface area contributed by atoms with Crippen molar-refractivity contribution in [3.05, 3.63) is 18.2 Å². The molecule has 17 heavy (non-hydrogen) atoms. The van der Waals surface area contributed by atoms with Gasteiger partial charge in [-0.05, 0) is 25.0 Å². The van der Waals surface area contributed by atoms with Crippen molar-refractivity contribution in [1.82, 2.24) is 0 Å². The van der Waals surface area contributed by atoms with Gasteiger partial charge in [-0.2, -0.15) is 0 Å². The zero-order valence-electron chi connectivity index (χ0n) is 9.94. The fourth-order valence-corrected chi connectivity index (χ4v) is 3.27. The topological polar surface area (TPSA) is 64.3 Å². The molecule has 1 saturated heterocycles. The van der Waals surface area contributed by atoms with Gasteiger partial charge in [0.25, 0.3) is 0 Å². The Labute approximate surface area is 104 Å². The summed E-state index contributed by atoms with van der Waals surface area (Å²) in [4.78, 5) is 0. The Balaban J connectivity index is 2.01. The largest absolute Gasteiger partial charge is 0.495 e. The quantitative estimate of drug-likeness (QED) is 0.804. The van der Waals surface area contributed by atoms with Crippen molar-refractivity contribution in [1.29, 1.82) is 0 Å². The minimum absolute atomic E-state index is 0.404. The van der Waals surface area contributed by atoms with E-state index in [1.165, 1.54) is 0 Å². The fraction of sp³-hybridized carbons (Fsp3) is 0.500. The molecule has 0 aliphatic carbocycles. The van der Waals surface area contributed by atoms with Gasteiger partial charge in [0.2, 0.25) is 0 Å². The molecule has 1 aliphatic rings. The lowest BCUT2D eigenvalue weighted by Crippen LogP contribution is -2.29. The first kappa shape index (κ1) is 12.2. The van der Waals surface area contributed by atoms with E-state index in [1.807, 2.05) is 18.2 Å². The molecule has 1 aromatic rings. The molecule has 2 rings (SSSR count). The summed E-state index contributed by atoms with van der Waals surface area (Å²) < 4.78 is 16.4. The van der Waals surface area contributed by atoms with Crippen LogP contribution in [0.3, 0.4) is 0 Å². The number of nitrogen functional groups attached to an aromatic ring is 1. The Hall–Kier alpha value is -1.23. The summed E-state index contributed by atoms with van der Waals surface area (Å²) in [5.74, 6) is 2.28. The van der Waals surface area contributed by atoms with Crippen molar-refractivity contribution < 1.29 is 8.95 Å². The number of benzene rings is 1. The first-order valence-electron chi connectivity index (χ1n) is 5.74. The Morgan fingerprint density at radius 3 is 2.76 bits per heavy atom. The van der Waals surface area contributed by atoms with Gasteiger partial charge in [0.15, 0.2) is 0 Å². The number of ether oxygens (including phenoxy) is 1. The van der Waals surface area contributed by atoms with Crippen LogP contribution in [0.5, 0.6) is 5.75 Å². The third kappa shape index (κ3) is 3.12. The van der Waals surface area contributed by atoms with E-state index in [0.717, 1.165) is 30.0 Å². The van der Waals surface area contributed by atoms with E-state index in [0.29, 0.717) is 17.5 Å². The summed E-state index contributed by atoms with van der Waals surface area (Å²) in [5.41, 5.74) is 7.41. The first-order valence-corrected chi connectivity index (χ1v) is 7.23. The fourth-order valence-electron chi connectivity index (χ4n) is 1.97. The van der Waals surface area contributed by atoms with Gasteiger partial charge < -0.3 is 15.8 Å². The summed E-state index contributed by atoms with van der Waals surface area (Å²) in [5, 5.41) is 3.43. The molecule has 0 saturated carbocycles. The van der Waals surface area contributed by atoms with E-state index in [9.17, 15) is 4.21 Å². The van der Waals surface area contributed by atoms with Crippen molar-refractivity contribution in [2.24, 2.45) is 0 Å². The maximum absolute atomic E-state index is 11.3. The molecule has 0 amide bonds. The predicted octanol–water partition coefficient (Wildman–Crippen LogP) is 1.60. The van der Waals surface area contributed by atoms with E-state index >= 15 is 0 Å². The molecule has 1 aliphatic heterocycles. The Bertz CT molecular complexity index is 413. The van der Waals surface area contributed by atoms with Crippen LogP contribution in [0, 0.1) is 0 Å². The number of nitrogens with one attached hydrogen (secondary N) is 1. The summed E-state index contributed by atoms with van der Waals surface area (Å²) in [6.07, 6.45) is 1.92. The minimum atomic E-state index is -0.613. The number of hydrogen-bond acceptors (Lipinski definition) is 4. The molecule has 1 aromatic carbocycles. The van der Waals surface area contributed by atoms with Crippen LogP contribution in [0.2, 0.25) is 0 Å². The number of rotatable bonds is 3. The number of anilines is 2. The summed E-state index contributed by atoms with van der Waals surface area (Å²) in [6, 6.07) is 6.09. The van der Waals surface area contributed by atoms with Gasteiger partial charge >= 0.3 is 0 Å². The van der Waals surface area contributed by atoms with Crippen LogP contribution < -0.4 is 15.8 Å². The van der Waals surface area contributed by atoms with Gasteiger partial charge in [0.1, 0.15) is 5.75 Å². The molecule has 4 nitrogen and oxygen atoms in total. The Morgan fingerprint density at radius 1 is 1.41 bits per heavy atom. The SMILES string of the molecule is COc1cc(NC2CCS(=O)CC2)ccc1N. The van der Waals surface area contributed by atoms with E-state index in [4.69, 9.17) is 10.5 Å². The Kier molecular flexibility index (Phi) is 3.89. The third-order valence-corrected chi connectivity index (χ3v) is 4.37. The average molecular weight is 254 g/mol. The van der Waals surface area contributed by atoms with Gasteiger partial charge in [-0.15, -0.1) is 0 Å². The summed E-state index contributed by atoms with van der Waals surface area (Å²) in [7, 11) is 0.997. The molecule has 0 atom stereocenters. The molecule has 1 heterocycles. The lowest BCUT2D eigenvalue weighted by molar-refractivity contribution is 0.417. The molecule has 5 heteroatoms. The maximum Gasteiger partial charge on any atom is 0.143 e. The highest BCUT2D eigenvalue weighted by molar-refractivity contribution is 7.85. The zero-order chi connectivity index (χ0) is 12.3. The average Bonchev–Trinajstić information content (AvgIpc) is 2.34. The second-order valence-corrected chi connectivity index (χ2v) is 5.92. The second kappa shape index (κ2) is 5.40. The molecule has 0 unspecified atom stereocenters. The summed E-state index contributed by atoms with van der Waals surface area (Å²) in [6.45, 7) is 0. The highest BCUT2D eigenvalue weighted by Gasteiger charge is 2.17. The van der Waals surface area contributed by atoms with Crippen LogP contribution in [0.15, 0.2) is 18.2 Å². The highest BCUT2D eigenvalue weighted by Crippen LogP contribution is 2.26. The van der Waals surface area contributed by atoms with Gasteiger partial charge in [-0.3, -0.25) is 4.21 Å². The third-order valence-electron chi connectivity index (χ3n) is 2.99. The molecule has 0 bridgehead atoms. The smallest absolute Gasteiger partial charge is 0.143 e. The second-order valence-electron chi connectivity index (χ2n) is 4.22. The van der Waals surface area contributed by atoms with E-state index in [2.05, 4.69) is 5.32 Å². The van der Waals surface area contributed by atoms with Crippen LogP contribution in [-0.2, 0) is 10.8 Å². The Morgan fingerprint density at radius 2 is 2.12 bits per heavy atom. The standard InChI is InChI=1S/C12H18N2O2S/c1-16-12-8-10(2-3-11(12)13)14-9-4-6-17(15)7-5-9/h2-3,8-9,14H,4-7,13H2,1H3. The van der Waals surface area contributed by atoms with Gasteiger partial charge in [-0.25, -0.2) is 0 Å². The van der Waals surface area contributed by atoms with Crippen molar-refractivity contribution >= 4 is 22.2 Å². The lowest BCUT2D eigenvalue weighted by Gasteiger charge is -2.23. The van der Waals surface area contributed by atoms with Crippen LogP contribution in [0.4, 0.5) is 11.4 Å². The van der Waals surface area contributed by atoms with Gasteiger partial charge in [0.05, 0.1) is 12.8 Å². The number of hydrogen-bond donors (Lipinski definition) is 2. The lowest BCUT2D eigenvalue weighted by atomic mass is 10.1. The van der Waals surface area contributed by atoms with Crippen molar-refractivity contribution in [2.75, 3.05) is 29.7 Å². The van der Waals surface area contributed by atoms with Crippen molar-refractivity contribution in [2.45, 2.75) is 18.9 Å². The number of methoxy groups -OCH3 is 1. The molecule has 0 radical (unpaired) electrons. The van der Waals surface area contributed by atoms with E-state index in [1.54, 1.807) is 7.11 Å². The van der Waals surface area contributed by atoms with Gasteiger partial charge in [0, 0.05) is 40.1 Å². The van der Waals surface area contributed by atoms with E-state index < -0.39 is 10.8 Å². The normalized spacial score (nSPS) is 24.3. The number of nitrogens with two attached hydrogens (primary N) is 1. The first-order chi connectivity index (χ1) is 8.19. The van der Waals surface area contributed by atoms with Crippen LogP contribution in [0.25, 0.3) is 0 Å². The van der Waals surface area contributed by atoms with Crippen LogP contribution >= 0.6 is 0 Å². The van der Waals surface area contributed by atoms with Crippen LogP contribution in [0.1, 0.15) is 12.8 Å². The van der Waals surface area contributed by atoms with Crippen molar-refractivity contribution in [3.8, 4) is 5.75 Å². The molecule has 3 N–H and O–H groups in total. The molecule has 94 valence electrons. The zero-order valence-corrected chi connectivity index (χ0v) is 10.8. The van der Waals surface area contributed by atoms with Crippen LogP contribution in [-0.4, -0.2) is 28.9 Å². The molecule has 1 fully saturated rings. The highest BCUT2D eigenvalue weighted by atomic mass is 32.2.